The van der Waals surface area contributed by atoms with Crippen molar-refractivity contribution < 1.29 is 18.8 Å². The van der Waals surface area contributed by atoms with Crippen LogP contribution in [-0.2, 0) is 29.5 Å². The minimum Gasteiger partial charge on any atom is -0.424 e. The van der Waals surface area contributed by atoms with Crippen molar-refractivity contribution in [2.45, 2.75) is 69.9 Å². The molecule has 2 aliphatic rings. The second kappa shape index (κ2) is 13.0. The summed E-state index contributed by atoms with van der Waals surface area (Å²) in [7, 11) is 3.21. The first kappa shape index (κ1) is 30.9. The van der Waals surface area contributed by atoms with Crippen molar-refractivity contribution in [3.8, 4) is 6.07 Å². The number of fused-ring (bicyclic) bond motifs is 2. The Kier molecular flexibility index (Phi) is 9.11. The Labute approximate surface area is 257 Å². The minimum atomic E-state index is -0.942. The lowest BCUT2D eigenvalue weighted by Gasteiger charge is -2.36. The molecule has 1 aliphatic carbocycles. The average Bonchev–Trinajstić information content (AvgIpc) is 3.72. The molecule has 2 aromatic carbocycles. The predicted octanol–water partition coefficient (Wildman–Crippen LogP) is 2.67. The highest BCUT2D eigenvalue weighted by Gasteiger charge is 2.47. The summed E-state index contributed by atoms with van der Waals surface area (Å²) in [6.45, 7) is 4.64. The Morgan fingerprint density at radius 2 is 1.66 bits per heavy atom. The molecular formula is C33H39N7O4. The van der Waals surface area contributed by atoms with E-state index in [1.54, 1.807) is 19.0 Å². The molecule has 1 saturated heterocycles. The first-order valence-corrected chi connectivity index (χ1v) is 15.2. The summed E-state index contributed by atoms with van der Waals surface area (Å²) in [5.74, 6) is 0.456. The Morgan fingerprint density at radius 3 is 2.18 bits per heavy atom. The van der Waals surface area contributed by atoms with Crippen LogP contribution in [-0.4, -0.2) is 72.1 Å². The van der Waals surface area contributed by atoms with E-state index in [1.165, 1.54) is 0 Å². The quantitative estimate of drug-likeness (QED) is 0.340. The molecule has 3 N–H and O–H groups in total. The van der Waals surface area contributed by atoms with Crippen LogP contribution in [0, 0.1) is 11.3 Å². The van der Waals surface area contributed by atoms with Crippen LogP contribution in [0.25, 0.3) is 0 Å². The van der Waals surface area contributed by atoms with E-state index >= 15 is 0 Å². The minimum absolute atomic E-state index is 0.0877. The molecule has 1 aliphatic heterocycles. The van der Waals surface area contributed by atoms with E-state index in [0.717, 1.165) is 28.7 Å². The van der Waals surface area contributed by atoms with Crippen molar-refractivity contribution in [3.05, 3.63) is 81.6 Å². The first-order chi connectivity index (χ1) is 21.2. The predicted molar refractivity (Wildman–Crippen MR) is 163 cm³/mol. The SMILES string of the molecule is CCc1nnc(C2(C[C@H](C)NCC(=O)N3CCC[C@H]3C#N)c3ccc(C(=O)NC)cc3CCc3cc(C(=O)NC)ccc32)o1. The van der Waals surface area contributed by atoms with E-state index < -0.39 is 5.41 Å². The molecule has 2 atom stereocenters. The number of hydrogen-bond acceptors (Lipinski definition) is 8. The molecule has 11 heteroatoms. The second-order valence-corrected chi connectivity index (χ2v) is 11.5. The van der Waals surface area contributed by atoms with Crippen LogP contribution in [0.1, 0.15) is 87.9 Å². The van der Waals surface area contributed by atoms with Crippen molar-refractivity contribution in [2.24, 2.45) is 0 Å². The number of hydrogen-bond donors (Lipinski definition) is 3. The molecule has 0 unspecified atom stereocenters. The van der Waals surface area contributed by atoms with Gasteiger partial charge in [-0.3, -0.25) is 14.4 Å². The molecule has 0 saturated carbocycles. The Balaban J connectivity index is 1.63. The molecule has 0 radical (unpaired) electrons. The van der Waals surface area contributed by atoms with Crippen molar-refractivity contribution in [1.82, 2.24) is 31.0 Å². The van der Waals surface area contributed by atoms with Gasteiger partial charge in [0.15, 0.2) is 0 Å². The fourth-order valence-electron chi connectivity index (χ4n) is 6.62. The standard InChI is InChI=1S/C33H39N7O4/c1-5-28-38-39-32(44-28)33(17-20(2)37-19-29(41)40-14-6-7-25(40)18-34)26-12-10-23(30(42)35-3)15-21(26)8-9-22-16-24(31(43)36-4)11-13-27(22)33/h10-13,15-16,20,25,37H,5-9,14,17,19H2,1-4H3,(H,35,42)(H,36,43)/t20-,25-/m0/s1. The van der Waals surface area contributed by atoms with Crippen molar-refractivity contribution in [3.63, 3.8) is 0 Å². The zero-order chi connectivity index (χ0) is 31.4. The van der Waals surface area contributed by atoms with Gasteiger partial charge in [-0.05, 0) is 85.5 Å². The van der Waals surface area contributed by atoms with Crippen LogP contribution in [0.4, 0.5) is 0 Å². The van der Waals surface area contributed by atoms with Crippen LogP contribution in [0.2, 0.25) is 0 Å². The highest BCUT2D eigenvalue weighted by molar-refractivity contribution is 5.95. The maximum absolute atomic E-state index is 13.1. The Bertz CT molecular complexity index is 1540. The van der Waals surface area contributed by atoms with Crippen LogP contribution < -0.4 is 16.0 Å². The van der Waals surface area contributed by atoms with Crippen molar-refractivity contribution in [1.29, 1.82) is 5.26 Å². The van der Waals surface area contributed by atoms with Gasteiger partial charge in [0.2, 0.25) is 17.7 Å². The summed E-state index contributed by atoms with van der Waals surface area (Å²) in [5, 5.41) is 27.2. The van der Waals surface area contributed by atoms with Gasteiger partial charge in [-0.25, -0.2) is 0 Å². The van der Waals surface area contributed by atoms with Crippen LogP contribution in [0.3, 0.4) is 0 Å². The zero-order valence-corrected chi connectivity index (χ0v) is 25.7. The number of rotatable bonds is 9. The van der Waals surface area contributed by atoms with Gasteiger partial charge < -0.3 is 25.3 Å². The molecule has 11 nitrogen and oxygen atoms in total. The maximum Gasteiger partial charge on any atom is 0.251 e. The number of aromatic nitrogens is 2. The number of benzene rings is 2. The van der Waals surface area contributed by atoms with Crippen LogP contribution in [0.5, 0.6) is 0 Å². The summed E-state index contributed by atoms with van der Waals surface area (Å²) in [6.07, 6.45) is 3.79. The van der Waals surface area contributed by atoms with Crippen LogP contribution >= 0.6 is 0 Å². The molecule has 2 heterocycles. The maximum atomic E-state index is 13.1. The van der Waals surface area contributed by atoms with E-state index in [4.69, 9.17) is 4.42 Å². The van der Waals surface area contributed by atoms with Crippen LogP contribution in [0.15, 0.2) is 40.8 Å². The zero-order valence-electron chi connectivity index (χ0n) is 25.7. The number of nitrogens with zero attached hydrogens (tertiary/aromatic N) is 4. The van der Waals surface area contributed by atoms with Gasteiger partial charge in [0.1, 0.15) is 11.5 Å². The number of amides is 3. The lowest BCUT2D eigenvalue weighted by Crippen LogP contribution is -2.45. The third kappa shape index (κ3) is 5.69. The normalized spacial score (nSPS) is 17.5. The number of carbonyl (C=O) groups excluding carboxylic acids is 3. The Morgan fingerprint density at radius 1 is 1.05 bits per heavy atom. The first-order valence-electron chi connectivity index (χ1n) is 15.2. The largest absolute Gasteiger partial charge is 0.424 e. The monoisotopic (exact) mass is 597 g/mol. The molecule has 5 rings (SSSR count). The number of carbonyl (C=O) groups is 3. The fraction of sp³-hybridized carbons (Fsp3) is 0.455. The molecule has 0 bridgehead atoms. The number of nitriles is 1. The highest BCUT2D eigenvalue weighted by Crippen LogP contribution is 2.48. The summed E-state index contributed by atoms with van der Waals surface area (Å²) in [4.78, 5) is 40.1. The molecule has 3 aromatic rings. The van der Waals surface area contributed by atoms with Gasteiger partial charge in [0.05, 0.1) is 12.6 Å². The van der Waals surface area contributed by atoms with Gasteiger partial charge in [0.25, 0.3) is 11.8 Å². The number of aryl methyl sites for hydroxylation is 3. The van der Waals surface area contributed by atoms with Gasteiger partial charge in [0, 0.05) is 44.2 Å². The molecule has 230 valence electrons. The summed E-state index contributed by atoms with van der Waals surface area (Å²) < 4.78 is 6.36. The Hall–Kier alpha value is -4.56. The summed E-state index contributed by atoms with van der Waals surface area (Å²) in [6, 6.07) is 13.0. The molecule has 3 amide bonds. The highest BCUT2D eigenvalue weighted by atomic mass is 16.4. The van der Waals surface area contributed by atoms with Gasteiger partial charge >= 0.3 is 0 Å². The fourth-order valence-corrected chi connectivity index (χ4v) is 6.62. The molecular weight excluding hydrogens is 558 g/mol. The third-order valence-electron chi connectivity index (χ3n) is 8.84. The third-order valence-corrected chi connectivity index (χ3v) is 8.84. The number of nitrogens with one attached hydrogen (secondary N) is 3. The lowest BCUT2D eigenvalue weighted by molar-refractivity contribution is -0.130. The van der Waals surface area contributed by atoms with E-state index in [1.807, 2.05) is 50.2 Å². The van der Waals surface area contributed by atoms with Gasteiger partial charge in [-0.1, -0.05) is 19.1 Å². The molecule has 1 fully saturated rings. The van der Waals surface area contributed by atoms with Crippen molar-refractivity contribution >= 4 is 17.7 Å². The molecule has 0 spiro atoms. The average molecular weight is 598 g/mol. The van der Waals surface area contributed by atoms with E-state index in [-0.39, 0.29) is 36.3 Å². The molecule has 44 heavy (non-hydrogen) atoms. The lowest BCUT2D eigenvalue weighted by atomic mass is 9.68. The van der Waals surface area contributed by atoms with E-state index in [2.05, 4.69) is 32.2 Å². The van der Waals surface area contributed by atoms with E-state index in [9.17, 15) is 19.6 Å². The van der Waals surface area contributed by atoms with E-state index in [0.29, 0.717) is 61.6 Å². The van der Waals surface area contributed by atoms with Crippen molar-refractivity contribution in [2.75, 3.05) is 27.2 Å². The number of likely N-dealkylation sites (tertiary alicyclic amines) is 1. The topological polar surface area (TPSA) is 153 Å². The smallest absolute Gasteiger partial charge is 0.251 e. The molecule has 1 aromatic heterocycles. The summed E-state index contributed by atoms with van der Waals surface area (Å²) in [5.41, 5.74) is 3.97. The van der Waals surface area contributed by atoms with Gasteiger partial charge in [-0.15, -0.1) is 10.2 Å². The summed E-state index contributed by atoms with van der Waals surface area (Å²) >= 11 is 0. The second-order valence-electron chi connectivity index (χ2n) is 11.5. The van der Waals surface area contributed by atoms with Gasteiger partial charge in [-0.2, -0.15) is 5.26 Å².